The van der Waals surface area contributed by atoms with E-state index in [1.165, 1.54) is 4.90 Å². The van der Waals surface area contributed by atoms with Gasteiger partial charge in [-0.2, -0.15) is 0 Å². The van der Waals surface area contributed by atoms with Gasteiger partial charge in [-0.25, -0.2) is 0 Å². The number of nitrogens with zero attached hydrogens (tertiary/aromatic N) is 3. The Morgan fingerprint density at radius 2 is 1.74 bits per heavy atom. The summed E-state index contributed by atoms with van der Waals surface area (Å²) in [5, 5.41) is 11.3. The summed E-state index contributed by atoms with van der Waals surface area (Å²) >= 11 is 0. The minimum Gasteiger partial charge on any atom is -0.507 e. The van der Waals surface area contributed by atoms with Crippen LogP contribution in [0.1, 0.15) is 22.7 Å². The van der Waals surface area contributed by atoms with E-state index in [-0.39, 0.29) is 24.7 Å². The number of amides is 1. The van der Waals surface area contributed by atoms with Crippen LogP contribution >= 0.6 is 0 Å². The predicted octanol–water partition coefficient (Wildman–Crippen LogP) is 3.50. The van der Waals surface area contributed by atoms with Crippen LogP contribution in [0.4, 0.5) is 5.69 Å². The number of pyridine rings is 1. The molecule has 8 nitrogen and oxygen atoms in total. The van der Waals surface area contributed by atoms with E-state index in [9.17, 15) is 14.7 Å². The predicted molar refractivity (Wildman–Crippen MR) is 125 cm³/mol. The molecule has 2 aliphatic rings. The Hall–Kier alpha value is -4.33. The summed E-state index contributed by atoms with van der Waals surface area (Å²) in [6.07, 6.45) is 3.28. The lowest BCUT2D eigenvalue weighted by Gasteiger charge is -2.26. The molecule has 3 heterocycles. The lowest BCUT2D eigenvalue weighted by molar-refractivity contribution is -0.140. The number of carbonyl (C=O) groups excluding carboxylic acids is 2. The van der Waals surface area contributed by atoms with Crippen LogP contribution in [0.3, 0.4) is 0 Å². The van der Waals surface area contributed by atoms with Crippen molar-refractivity contribution in [2.24, 2.45) is 0 Å². The SMILES string of the molecule is CN(C)c1ccc(C2/C(=C(/O)c3ccc4c(c3)OCO4)C(=O)C(=O)N2Cc2ccncc2)cc1. The molecule has 0 spiro atoms. The lowest BCUT2D eigenvalue weighted by Crippen LogP contribution is -2.29. The fraction of sp³-hybridized carbons (Fsp3) is 0.192. The Morgan fingerprint density at radius 3 is 2.44 bits per heavy atom. The first kappa shape index (κ1) is 21.5. The van der Waals surface area contributed by atoms with E-state index in [0.29, 0.717) is 17.1 Å². The quantitative estimate of drug-likeness (QED) is 0.356. The Morgan fingerprint density at radius 1 is 1.03 bits per heavy atom. The van der Waals surface area contributed by atoms with Gasteiger partial charge in [-0.1, -0.05) is 12.1 Å². The van der Waals surface area contributed by atoms with Gasteiger partial charge in [0.15, 0.2) is 11.5 Å². The number of hydrogen-bond donors (Lipinski definition) is 1. The molecule has 0 aliphatic carbocycles. The molecular weight excluding hydrogens is 434 g/mol. The van der Waals surface area contributed by atoms with E-state index >= 15 is 0 Å². The molecule has 2 aliphatic heterocycles. The molecule has 1 fully saturated rings. The molecule has 1 N–H and O–H groups in total. The van der Waals surface area contributed by atoms with Crippen LogP contribution in [-0.2, 0) is 16.1 Å². The van der Waals surface area contributed by atoms with Crippen LogP contribution in [0.15, 0.2) is 72.6 Å². The Bertz CT molecular complexity index is 1290. The first-order chi connectivity index (χ1) is 16.4. The number of likely N-dealkylation sites (tertiary alicyclic amines) is 1. The summed E-state index contributed by atoms with van der Waals surface area (Å²) in [7, 11) is 3.87. The van der Waals surface area contributed by atoms with Crippen molar-refractivity contribution in [3.8, 4) is 11.5 Å². The minimum atomic E-state index is -0.755. The van der Waals surface area contributed by atoms with E-state index in [2.05, 4.69) is 4.98 Å². The standard InChI is InChI=1S/C26H23N3O5/c1-28(2)19-6-3-17(4-7-19)23-22(24(30)18-5-8-20-21(13-18)34-15-33-20)25(31)26(32)29(23)14-16-9-11-27-12-10-16/h3-13,23,30H,14-15H2,1-2H3/b24-22-. The van der Waals surface area contributed by atoms with Gasteiger partial charge < -0.3 is 24.4 Å². The molecular formula is C26H23N3O5. The van der Waals surface area contributed by atoms with Crippen molar-refractivity contribution in [3.63, 3.8) is 0 Å². The zero-order valence-corrected chi connectivity index (χ0v) is 18.8. The summed E-state index contributed by atoms with van der Waals surface area (Å²) in [4.78, 5) is 33.9. The van der Waals surface area contributed by atoms with E-state index in [4.69, 9.17) is 9.47 Å². The number of fused-ring (bicyclic) bond motifs is 1. The summed E-state index contributed by atoms with van der Waals surface area (Å²) < 4.78 is 10.8. The van der Waals surface area contributed by atoms with Gasteiger partial charge in [-0.3, -0.25) is 14.6 Å². The zero-order valence-electron chi connectivity index (χ0n) is 18.8. The van der Waals surface area contributed by atoms with Crippen LogP contribution < -0.4 is 14.4 Å². The summed E-state index contributed by atoms with van der Waals surface area (Å²) in [6.45, 7) is 0.291. The number of carbonyl (C=O) groups is 2. The molecule has 1 unspecified atom stereocenters. The highest BCUT2D eigenvalue weighted by Crippen LogP contribution is 2.42. The first-order valence-electron chi connectivity index (χ1n) is 10.8. The second kappa shape index (κ2) is 8.55. The van der Waals surface area contributed by atoms with Gasteiger partial charge >= 0.3 is 0 Å². The molecule has 3 aromatic rings. The van der Waals surface area contributed by atoms with Crippen LogP contribution in [0.25, 0.3) is 5.76 Å². The third kappa shape index (κ3) is 3.73. The maximum atomic E-state index is 13.2. The molecule has 8 heteroatoms. The van der Waals surface area contributed by atoms with Gasteiger partial charge in [-0.05, 0) is 53.6 Å². The molecule has 34 heavy (non-hydrogen) atoms. The number of aliphatic hydroxyl groups excluding tert-OH is 1. The third-order valence-corrected chi connectivity index (χ3v) is 6.01. The number of anilines is 1. The topological polar surface area (TPSA) is 92.2 Å². The fourth-order valence-electron chi connectivity index (χ4n) is 4.23. The summed E-state index contributed by atoms with van der Waals surface area (Å²) in [5.41, 5.74) is 2.94. The second-order valence-electron chi connectivity index (χ2n) is 8.34. The molecule has 0 saturated carbocycles. The highest BCUT2D eigenvalue weighted by Gasteiger charge is 2.46. The molecule has 0 bridgehead atoms. The van der Waals surface area contributed by atoms with Crippen molar-refractivity contribution in [2.45, 2.75) is 12.6 Å². The number of ether oxygens (including phenoxy) is 2. The number of benzene rings is 2. The van der Waals surface area contributed by atoms with Crippen molar-refractivity contribution < 1.29 is 24.2 Å². The molecule has 1 amide bonds. The molecule has 5 rings (SSSR count). The first-order valence-corrected chi connectivity index (χ1v) is 10.8. The second-order valence-corrected chi connectivity index (χ2v) is 8.34. The maximum Gasteiger partial charge on any atom is 0.295 e. The van der Waals surface area contributed by atoms with Crippen LogP contribution in [0.5, 0.6) is 11.5 Å². The molecule has 0 radical (unpaired) electrons. The number of rotatable bonds is 5. The largest absolute Gasteiger partial charge is 0.507 e. The van der Waals surface area contributed by atoms with Crippen LogP contribution in [0, 0.1) is 0 Å². The van der Waals surface area contributed by atoms with Gasteiger partial charge in [0.2, 0.25) is 6.79 Å². The van der Waals surface area contributed by atoms with Crippen LogP contribution in [-0.4, -0.2) is 47.6 Å². The van der Waals surface area contributed by atoms with Crippen molar-refractivity contribution in [1.29, 1.82) is 0 Å². The lowest BCUT2D eigenvalue weighted by atomic mass is 9.94. The van der Waals surface area contributed by atoms with Gasteiger partial charge in [0.1, 0.15) is 5.76 Å². The summed E-state index contributed by atoms with van der Waals surface area (Å²) in [6, 6.07) is 15.3. The van der Waals surface area contributed by atoms with Crippen molar-refractivity contribution in [3.05, 3.63) is 89.3 Å². The molecule has 1 saturated heterocycles. The van der Waals surface area contributed by atoms with Gasteiger partial charge in [0, 0.05) is 44.3 Å². The molecule has 1 aromatic heterocycles. The van der Waals surface area contributed by atoms with E-state index < -0.39 is 17.7 Å². The molecule has 1 atom stereocenters. The van der Waals surface area contributed by atoms with E-state index in [1.807, 2.05) is 43.3 Å². The molecule has 2 aromatic carbocycles. The minimum absolute atomic E-state index is 0.0375. The van der Waals surface area contributed by atoms with Gasteiger partial charge in [0.05, 0.1) is 11.6 Å². The van der Waals surface area contributed by atoms with Crippen molar-refractivity contribution >= 4 is 23.1 Å². The van der Waals surface area contributed by atoms with Gasteiger partial charge in [-0.15, -0.1) is 0 Å². The van der Waals surface area contributed by atoms with E-state index in [0.717, 1.165) is 16.8 Å². The molecule has 172 valence electrons. The van der Waals surface area contributed by atoms with Gasteiger partial charge in [0.25, 0.3) is 11.7 Å². The van der Waals surface area contributed by atoms with E-state index in [1.54, 1.807) is 42.7 Å². The van der Waals surface area contributed by atoms with Crippen molar-refractivity contribution in [1.82, 2.24) is 9.88 Å². The number of hydrogen-bond acceptors (Lipinski definition) is 7. The highest BCUT2D eigenvalue weighted by atomic mass is 16.7. The average molecular weight is 457 g/mol. The average Bonchev–Trinajstić information content (AvgIpc) is 3.42. The maximum absolute atomic E-state index is 13.2. The Labute approximate surface area is 196 Å². The normalized spacial score (nSPS) is 18.4. The Kier molecular flexibility index (Phi) is 5.41. The number of aliphatic hydroxyl groups is 1. The number of Topliss-reactive ketones (excluding diaryl/α,β-unsaturated/α-hetero) is 1. The number of aromatic nitrogens is 1. The van der Waals surface area contributed by atoms with Crippen molar-refractivity contribution in [2.75, 3.05) is 25.8 Å². The monoisotopic (exact) mass is 457 g/mol. The summed E-state index contributed by atoms with van der Waals surface area (Å²) in [5.74, 6) is -0.616. The zero-order chi connectivity index (χ0) is 23.8. The fourth-order valence-corrected chi connectivity index (χ4v) is 4.23. The number of ketones is 1. The van der Waals surface area contributed by atoms with Crippen LogP contribution in [0.2, 0.25) is 0 Å². The third-order valence-electron chi connectivity index (χ3n) is 6.01. The smallest absolute Gasteiger partial charge is 0.295 e. The Balaban J connectivity index is 1.63. The highest BCUT2D eigenvalue weighted by molar-refractivity contribution is 6.46.